The first kappa shape index (κ1) is 23.9. The number of rotatable bonds is 5. The number of H-pyrrole nitrogens is 1. The molecule has 1 aliphatic heterocycles. The third-order valence-corrected chi connectivity index (χ3v) is 6.34. The lowest BCUT2D eigenvalue weighted by Crippen LogP contribution is -2.52. The average molecular weight is 503 g/mol. The van der Waals surface area contributed by atoms with Crippen molar-refractivity contribution < 1.29 is 28.1 Å². The van der Waals surface area contributed by atoms with E-state index in [0.29, 0.717) is 11.1 Å². The number of hydrogen-bond donors (Lipinski definition) is 2. The van der Waals surface area contributed by atoms with Crippen molar-refractivity contribution in [2.24, 2.45) is 0 Å². The van der Waals surface area contributed by atoms with Crippen molar-refractivity contribution in [1.82, 2.24) is 25.3 Å². The zero-order chi connectivity index (χ0) is 26.1. The molecular weight excluding hydrogens is 481 g/mol. The standard InChI is InChI=1S/C26H22FN5O5/c1-28-24(34)20-13-19(30-37-20)16-7-8-18(27)21-17(14-29-22(16)21)23(33)26(36)32-11-9-31(10-12-32)25(35)15-5-3-2-4-6-15/h2-8,13-14,29H,9-12H2,1H3,(H,28,34). The Hall–Kier alpha value is -4.80. The van der Waals surface area contributed by atoms with Crippen molar-refractivity contribution in [2.45, 2.75) is 0 Å². The SMILES string of the molecule is CNC(=O)c1cc(-c2ccc(F)c3c(C(=O)C(=O)N4CCN(C(=O)c5ccccc5)CC4)c[nH]c23)no1. The Balaban J connectivity index is 1.35. The predicted molar refractivity (Wildman–Crippen MR) is 130 cm³/mol. The van der Waals surface area contributed by atoms with Crippen molar-refractivity contribution in [3.8, 4) is 11.3 Å². The Morgan fingerprint density at radius 2 is 1.70 bits per heavy atom. The molecule has 2 aromatic heterocycles. The Morgan fingerprint density at radius 3 is 2.41 bits per heavy atom. The number of aromatic amines is 1. The van der Waals surface area contributed by atoms with Gasteiger partial charge in [-0.15, -0.1) is 0 Å². The summed E-state index contributed by atoms with van der Waals surface area (Å²) in [6, 6.07) is 12.8. The molecule has 0 saturated carbocycles. The summed E-state index contributed by atoms with van der Waals surface area (Å²) in [7, 11) is 1.45. The number of nitrogens with zero attached hydrogens (tertiary/aromatic N) is 3. The summed E-state index contributed by atoms with van der Waals surface area (Å²) in [6.45, 7) is 0.916. The molecule has 0 unspecified atom stereocenters. The third-order valence-electron chi connectivity index (χ3n) is 6.34. The van der Waals surface area contributed by atoms with Gasteiger partial charge in [0, 0.05) is 62.0 Å². The molecule has 0 bridgehead atoms. The molecule has 10 nitrogen and oxygen atoms in total. The van der Waals surface area contributed by atoms with Crippen LogP contribution in [0, 0.1) is 5.82 Å². The van der Waals surface area contributed by atoms with Crippen LogP contribution < -0.4 is 5.32 Å². The molecule has 3 amide bonds. The highest BCUT2D eigenvalue weighted by molar-refractivity contribution is 6.45. The van der Waals surface area contributed by atoms with Gasteiger partial charge in [-0.05, 0) is 24.3 Å². The minimum absolute atomic E-state index is 0.0297. The quantitative estimate of drug-likeness (QED) is 0.318. The van der Waals surface area contributed by atoms with E-state index in [2.05, 4.69) is 15.5 Å². The van der Waals surface area contributed by atoms with Crippen LogP contribution in [-0.4, -0.2) is 76.7 Å². The highest BCUT2D eigenvalue weighted by atomic mass is 19.1. The average Bonchev–Trinajstić information content (AvgIpc) is 3.61. The molecular formula is C26H22FN5O5. The van der Waals surface area contributed by atoms with Crippen molar-refractivity contribution in [1.29, 1.82) is 0 Å². The molecule has 2 N–H and O–H groups in total. The zero-order valence-corrected chi connectivity index (χ0v) is 19.8. The van der Waals surface area contributed by atoms with Crippen LogP contribution in [0.1, 0.15) is 31.3 Å². The first-order chi connectivity index (χ1) is 17.9. The van der Waals surface area contributed by atoms with E-state index in [0.717, 1.165) is 6.07 Å². The molecule has 1 fully saturated rings. The van der Waals surface area contributed by atoms with E-state index in [1.54, 1.807) is 29.2 Å². The molecule has 37 heavy (non-hydrogen) atoms. The fourth-order valence-electron chi connectivity index (χ4n) is 4.37. The summed E-state index contributed by atoms with van der Waals surface area (Å²) in [6.07, 6.45) is 1.28. The molecule has 0 atom stereocenters. The number of ketones is 1. The van der Waals surface area contributed by atoms with Gasteiger partial charge in [0.25, 0.3) is 23.5 Å². The largest absolute Gasteiger partial charge is 0.360 e. The van der Waals surface area contributed by atoms with Crippen molar-refractivity contribution >= 4 is 34.4 Å². The van der Waals surface area contributed by atoms with Gasteiger partial charge in [-0.3, -0.25) is 19.2 Å². The van der Waals surface area contributed by atoms with Crippen LogP contribution in [0.15, 0.2) is 59.3 Å². The van der Waals surface area contributed by atoms with Crippen LogP contribution in [0.25, 0.3) is 22.2 Å². The first-order valence-electron chi connectivity index (χ1n) is 11.6. The number of amides is 3. The Labute approximate surface area is 210 Å². The van der Waals surface area contributed by atoms with E-state index in [1.807, 2.05) is 6.07 Å². The van der Waals surface area contributed by atoms with Gasteiger partial charge >= 0.3 is 0 Å². The molecule has 5 rings (SSSR count). The Kier molecular flexibility index (Phi) is 6.26. The zero-order valence-electron chi connectivity index (χ0n) is 19.8. The lowest BCUT2D eigenvalue weighted by atomic mass is 10.0. The summed E-state index contributed by atoms with van der Waals surface area (Å²) in [5, 5.41) is 6.24. The second-order valence-electron chi connectivity index (χ2n) is 8.48. The monoisotopic (exact) mass is 503 g/mol. The van der Waals surface area contributed by atoms with Crippen molar-refractivity contribution in [3.05, 3.63) is 77.4 Å². The molecule has 0 radical (unpaired) electrons. The van der Waals surface area contributed by atoms with Crippen LogP contribution >= 0.6 is 0 Å². The number of carbonyl (C=O) groups is 4. The van der Waals surface area contributed by atoms with Gasteiger partial charge in [0.2, 0.25) is 5.76 Å². The number of Topliss-reactive ketones (excluding diaryl/α,β-unsaturated/α-hetero) is 1. The van der Waals surface area contributed by atoms with E-state index < -0.39 is 23.4 Å². The molecule has 1 aliphatic rings. The number of piperazine rings is 1. The van der Waals surface area contributed by atoms with Crippen LogP contribution in [0.4, 0.5) is 4.39 Å². The van der Waals surface area contributed by atoms with E-state index >= 15 is 0 Å². The van der Waals surface area contributed by atoms with E-state index in [9.17, 15) is 23.6 Å². The molecule has 4 aromatic rings. The number of benzene rings is 2. The van der Waals surface area contributed by atoms with Gasteiger partial charge < -0.3 is 24.6 Å². The van der Waals surface area contributed by atoms with E-state index in [4.69, 9.17) is 4.52 Å². The minimum atomic E-state index is -0.865. The normalized spacial score (nSPS) is 13.6. The molecule has 1 saturated heterocycles. The molecule has 2 aromatic carbocycles. The number of hydrogen-bond acceptors (Lipinski definition) is 6. The van der Waals surface area contributed by atoms with Gasteiger partial charge in [0.15, 0.2) is 0 Å². The van der Waals surface area contributed by atoms with Crippen LogP contribution in [-0.2, 0) is 4.79 Å². The minimum Gasteiger partial charge on any atom is -0.360 e. The molecule has 0 spiro atoms. The number of fused-ring (bicyclic) bond motifs is 1. The highest BCUT2D eigenvalue weighted by Crippen LogP contribution is 2.32. The lowest BCUT2D eigenvalue weighted by Gasteiger charge is -2.34. The van der Waals surface area contributed by atoms with Gasteiger partial charge in [0.1, 0.15) is 11.5 Å². The number of halogens is 1. The number of aromatic nitrogens is 2. The second kappa shape index (κ2) is 9.69. The molecule has 11 heteroatoms. The van der Waals surface area contributed by atoms with Gasteiger partial charge in [-0.25, -0.2) is 4.39 Å². The maximum atomic E-state index is 14.9. The summed E-state index contributed by atoms with van der Waals surface area (Å²) in [5.41, 5.74) is 1.34. The van der Waals surface area contributed by atoms with Crippen LogP contribution in [0.5, 0.6) is 0 Å². The van der Waals surface area contributed by atoms with E-state index in [-0.39, 0.29) is 60.0 Å². The maximum Gasteiger partial charge on any atom is 0.295 e. The highest BCUT2D eigenvalue weighted by Gasteiger charge is 2.31. The van der Waals surface area contributed by atoms with Crippen LogP contribution in [0.3, 0.4) is 0 Å². The van der Waals surface area contributed by atoms with Crippen LogP contribution in [0.2, 0.25) is 0 Å². The van der Waals surface area contributed by atoms with Gasteiger partial charge in [-0.2, -0.15) is 0 Å². The predicted octanol–water partition coefficient (Wildman–Crippen LogP) is 2.49. The van der Waals surface area contributed by atoms with E-state index in [1.165, 1.54) is 30.3 Å². The Bertz CT molecular complexity index is 1520. The molecule has 0 aliphatic carbocycles. The third kappa shape index (κ3) is 4.35. The smallest absolute Gasteiger partial charge is 0.295 e. The topological polar surface area (TPSA) is 129 Å². The summed E-state index contributed by atoms with van der Waals surface area (Å²) >= 11 is 0. The summed E-state index contributed by atoms with van der Waals surface area (Å²) < 4.78 is 19.9. The second-order valence-corrected chi connectivity index (χ2v) is 8.48. The first-order valence-corrected chi connectivity index (χ1v) is 11.6. The van der Waals surface area contributed by atoms with Gasteiger partial charge in [0.05, 0.1) is 11.1 Å². The lowest BCUT2D eigenvalue weighted by molar-refractivity contribution is -0.127. The molecule has 3 heterocycles. The van der Waals surface area contributed by atoms with Crippen molar-refractivity contribution in [2.75, 3.05) is 33.2 Å². The number of carbonyl (C=O) groups excluding carboxylic acids is 4. The van der Waals surface area contributed by atoms with Gasteiger partial charge in [-0.1, -0.05) is 23.4 Å². The molecule has 188 valence electrons. The summed E-state index contributed by atoms with van der Waals surface area (Å²) in [5.74, 6) is -2.98. The number of nitrogens with one attached hydrogen (secondary N) is 2. The van der Waals surface area contributed by atoms with Crippen molar-refractivity contribution in [3.63, 3.8) is 0 Å². The fourth-order valence-corrected chi connectivity index (χ4v) is 4.37. The fraction of sp³-hybridized carbons (Fsp3) is 0.192. The summed E-state index contributed by atoms with van der Waals surface area (Å²) in [4.78, 5) is 56.5. The maximum absolute atomic E-state index is 14.9. The Morgan fingerprint density at radius 1 is 1.00 bits per heavy atom.